The number of aromatic nitrogens is 2. The van der Waals surface area contributed by atoms with Crippen molar-refractivity contribution in [2.24, 2.45) is 0 Å². The molecule has 4 nitrogen and oxygen atoms in total. The van der Waals surface area contributed by atoms with Crippen molar-refractivity contribution in [3.63, 3.8) is 0 Å². The standard InChI is InChI=1S/C19H13N3OS2/c1-10-7-14(22-11(2)21-10)13(9-20)18(23)16-8-17-19(25-16)12-5-3-4-6-15(12)24-17/h3-8,13H,1-2H3. The van der Waals surface area contributed by atoms with Crippen molar-refractivity contribution < 1.29 is 4.79 Å². The first-order valence-electron chi connectivity index (χ1n) is 7.74. The third-order valence-corrected chi connectivity index (χ3v) is 6.40. The summed E-state index contributed by atoms with van der Waals surface area (Å²) in [5.41, 5.74) is 1.23. The van der Waals surface area contributed by atoms with Crippen molar-refractivity contribution >= 4 is 47.9 Å². The second-order valence-electron chi connectivity index (χ2n) is 5.81. The number of nitriles is 1. The summed E-state index contributed by atoms with van der Waals surface area (Å²) >= 11 is 3.12. The number of hydrogen-bond acceptors (Lipinski definition) is 6. The average Bonchev–Trinajstić information content (AvgIpc) is 3.12. The van der Waals surface area contributed by atoms with Gasteiger partial charge in [-0.05, 0) is 32.0 Å². The summed E-state index contributed by atoms with van der Waals surface area (Å²) in [7, 11) is 0. The van der Waals surface area contributed by atoms with E-state index in [2.05, 4.69) is 28.2 Å². The van der Waals surface area contributed by atoms with E-state index in [0.29, 0.717) is 16.4 Å². The molecular formula is C19H13N3OS2. The molecule has 4 aromatic rings. The molecule has 6 heteroatoms. The van der Waals surface area contributed by atoms with E-state index in [9.17, 15) is 10.1 Å². The minimum absolute atomic E-state index is 0.197. The molecule has 122 valence electrons. The Morgan fingerprint density at radius 3 is 2.68 bits per heavy atom. The summed E-state index contributed by atoms with van der Waals surface area (Å²) < 4.78 is 3.40. The number of Topliss-reactive ketones (excluding diaryl/α,β-unsaturated/α-hetero) is 1. The van der Waals surface area contributed by atoms with Gasteiger partial charge in [0, 0.05) is 20.5 Å². The fraction of sp³-hybridized carbons (Fsp3) is 0.158. The molecule has 0 N–H and O–H groups in total. The van der Waals surface area contributed by atoms with E-state index in [1.54, 1.807) is 24.3 Å². The van der Waals surface area contributed by atoms with E-state index < -0.39 is 5.92 Å². The van der Waals surface area contributed by atoms with Gasteiger partial charge in [-0.2, -0.15) is 5.26 Å². The Morgan fingerprint density at radius 2 is 1.92 bits per heavy atom. The first-order chi connectivity index (χ1) is 12.1. The molecule has 0 radical (unpaired) electrons. The summed E-state index contributed by atoms with van der Waals surface area (Å²) in [6.45, 7) is 3.60. The molecule has 0 amide bonds. The average molecular weight is 363 g/mol. The zero-order valence-electron chi connectivity index (χ0n) is 13.6. The molecule has 3 aromatic heterocycles. The van der Waals surface area contributed by atoms with Gasteiger partial charge in [-0.25, -0.2) is 9.97 Å². The van der Waals surface area contributed by atoms with Gasteiger partial charge in [0.2, 0.25) is 0 Å². The van der Waals surface area contributed by atoms with Crippen LogP contribution in [0.25, 0.3) is 19.5 Å². The number of ketones is 1. The molecule has 0 aliphatic carbocycles. The van der Waals surface area contributed by atoms with E-state index in [1.165, 1.54) is 16.0 Å². The minimum atomic E-state index is -0.903. The van der Waals surface area contributed by atoms with Crippen molar-refractivity contribution in [3.05, 3.63) is 58.5 Å². The highest BCUT2D eigenvalue weighted by molar-refractivity contribution is 7.33. The Kier molecular flexibility index (Phi) is 3.83. The zero-order chi connectivity index (χ0) is 17.6. The Bertz CT molecular complexity index is 1150. The van der Waals surface area contributed by atoms with E-state index in [0.717, 1.165) is 20.5 Å². The minimum Gasteiger partial charge on any atom is -0.291 e. The number of hydrogen-bond donors (Lipinski definition) is 0. The maximum atomic E-state index is 12.9. The van der Waals surface area contributed by atoms with Crippen molar-refractivity contribution in [2.75, 3.05) is 0 Å². The number of benzene rings is 1. The Balaban J connectivity index is 1.78. The molecular weight excluding hydrogens is 350 g/mol. The highest BCUT2D eigenvalue weighted by Gasteiger charge is 2.26. The molecule has 3 heterocycles. The van der Waals surface area contributed by atoms with Gasteiger partial charge in [0.1, 0.15) is 5.82 Å². The molecule has 0 fully saturated rings. The fourth-order valence-electron chi connectivity index (χ4n) is 2.92. The van der Waals surface area contributed by atoms with Crippen LogP contribution in [-0.2, 0) is 0 Å². The number of carbonyl (C=O) groups excluding carboxylic acids is 1. The molecule has 1 atom stereocenters. The Hall–Kier alpha value is -2.62. The summed E-state index contributed by atoms with van der Waals surface area (Å²) in [6.07, 6.45) is 0. The van der Waals surface area contributed by atoms with Gasteiger partial charge >= 0.3 is 0 Å². The van der Waals surface area contributed by atoms with E-state index >= 15 is 0 Å². The Labute approximate surface area is 152 Å². The summed E-state index contributed by atoms with van der Waals surface area (Å²) in [5, 5.41) is 10.7. The molecule has 0 spiro atoms. The molecule has 0 aliphatic heterocycles. The number of rotatable bonds is 3. The van der Waals surface area contributed by atoms with Crippen LogP contribution in [0.5, 0.6) is 0 Å². The van der Waals surface area contributed by atoms with Crippen LogP contribution in [0.4, 0.5) is 0 Å². The zero-order valence-corrected chi connectivity index (χ0v) is 15.2. The number of carbonyl (C=O) groups is 1. The summed E-state index contributed by atoms with van der Waals surface area (Å²) in [6, 6.07) is 13.9. The van der Waals surface area contributed by atoms with Crippen LogP contribution < -0.4 is 0 Å². The first kappa shape index (κ1) is 15.9. The molecule has 0 saturated carbocycles. The van der Waals surface area contributed by atoms with Crippen LogP contribution in [0.3, 0.4) is 0 Å². The summed E-state index contributed by atoms with van der Waals surface area (Å²) in [5.74, 6) is -0.530. The van der Waals surface area contributed by atoms with Crippen molar-refractivity contribution in [2.45, 2.75) is 19.8 Å². The van der Waals surface area contributed by atoms with Gasteiger partial charge in [-0.15, -0.1) is 22.7 Å². The third kappa shape index (κ3) is 2.72. The van der Waals surface area contributed by atoms with Crippen molar-refractivity contribution in [1.29, 1.82) is 5.26 Å². The van der Waals surface area contributed by atoms with Crippen LogP contribution in [0, 0.1) is 25.2 Å². The normalized spacial score (nSPS) is 12.4. The topological polar surface area (TPSA) is 66.6 Å². The van der Waals surface area contributed by atoms with Crippen LogP contribution in [0.2, 0.25) is 0 Å². The number of thiophene rings is 2. The lowest BCUT2D eigenvalue weighted by Gasteiger charge is -2.08. The van der Waals surface area contributed by atoms with Crippen LogP contribution in [0.1, 0.15) is 32.8 Å². The fourth-order valence-corrected chi connectivity index (χ4v) is 5.41. The molecule has 1 aromatic carbocycles. The van der Waals surface area contributed by atoms with Crippen LogP contribution >= 0.6 is 22.7 Å². The van der Waals surface area contributed by atoms with E-state index in [-0.39, 0.29) is 5.78 Å². The van der Waals surface area contributed by atoms with E-state index in [4.69, 9.17) is 0 Å². The predicted molar refractivity (Wildman–Crippen MR) is 101 cm³/mol. The quantitative estimate of drug-likeness (QED) is 0.480. The highest BCUT2D eigenvalue weighted by Crippen LogP contribution is 2.40. The second-order valence-corrected chi connectivity index (χ2v) is 7.95. The van der Waals surface area contributed by atoms with Crippen LogP contribution in [-0.4, -0.2) is 15.8 Å². The van der Waals surface area contributed by atoms with Gasteiger partial charge in [-0.1, -0.05) is 18.2 Å². The lowest BCUT2D eigenvalue weighted by Crippen LogP contribution is -2.13. The molecule has 25 heavy (non-hydrogen) atoms. The Morgan fingerprint density at radius 1 is 1.12 bits per heavy atom. The SMILES string of the molecule is Cc1cc(C(C#N)C(=O)c2cc3sc4ccccc4c3s2)nc(C)n1. The van der Waals surface area contributed by atoms with Gasteiger partial charge < -0.3 is 0 Å². The number of nitrogens with zero attached hydrogens (tertiary/aromatic N) is 3. The smallest absolute Gasteiger partial charge is 0.196 e. The molecule has 0 aliphatic rings. The van der Waals surface area contributed by atoms with Crippen molar-refractivity contribution in [3.8, 4) is 6.07 Å². The molecule has 0 bridgehead atoms. The van der Waals surface area contributed by atoms with Gasteiger partial charge in [0.05, 0.1) is 21.3 Å². The van der Waals surface area contributed by atoms with Gasteiger partial charge in [0.25, 0.3) is 0 Å². The van der Waals surface area contributed by atoms with E-state index in [1.807, 2.05) is 25.1 Å². The third-order valence-electron chi connectivity index (χ3n) is 3.97. The predicted octanol–water partition coefficient (Wildman–Crippen LogP) is 5.01. The maximum Gasteiger partial charge on any atom is 0.196 e. The summed E-state index contributed by atoms with van der Waals surface area (Å²) in [4.78, 5) is 22.1. The van der Waals surface area contributed by atoms with Crippen molar-refractivity contribution in [1.82, 2.24) is 9.97 Å². The first-order valence-corrected chi connectivity index (χ1v) is 9.37. The number of aryl methyl sites for hydroxylation is 2. The van der Waals surface area contributed by atoms with Crippen LogP contribution in [0.15, 0.2) is 36.4 Å². The van der Waals surface area contributed by atoms with Gasteiger partial charge in [-0.3, -0.25) is 4.79 Å². The number of fused-ring (bicyclic) bond motifs is 3. The second kappa shape index (κ2) is 6.03. The lowest BCUT2D eigenvalue weighted by molar-refractivity contribution is 0.0981. The monoisotopic (exact) mass is 363 g/mol. The lowest BCUT2D eigenvalue weighted by atomic mass is 10.00. The largest absolute Gasteiger partial charge is 0.291 e. The maximum absolute atomic E-state index is 12.9. The molecule has 4 rings (SSSR count). The molecule has 1 unspecified atom stereocenters. The highest BCUT2D eigenvalue weighted by atomic mass is 32.1. The van der Waals surface area contributed by atoms with Gasteiger partial charge in [0.15, 0.2) is 11.7 Å². The molecule has 0 saturated heterocycles.